The van der Waals surface area contributed by atoms with E-state index in [0.29, 0.717) is 11.3 Å². The highest BCUT2D eigenvalue weighted by atomic mass is 19.1. The van der Waals surface area contributed by atoms with Crippen LogP contribution in [-0.4, -0.2) is 10.8 Å². The van der Waals surface area contributed by atoms with E-state index in [1.54, 1.807) is 0 Å². The molecule has 1 amide bonds. The maximum absolute atomic E-state index is 13.2. The van der Waals surface area contributed by atoms with Crippen molar-refractivity contribution in [2.75, 3.05) is 5.32 Å². The number of hydrogen-bond donors (Lipinski definition) is 1. The lowest BCUT2D eigenvalue weighted by molar-refractivity contribution is -0.387. The normalized spacial score (nSPS) is 10.2. The van der Waals surface area contributed by atoms with Crippen molar-refractivity contribution in [3.05, 3.63) is 69.3 Å². The number of aryl methyl sites for hydroxylation is 1. The highest BCUT2D eigenvalue weighted by Gasteiger charge is 2.17. The van der Waals surface area contributed by atoms with Crippen LogP contribution >= 0.6 is 0 Å². The number of carbonyl (C=O) groups excluding carboxylic acids is 1. The number of rotatable bonds is 3. The molecular weight excluding hydrogens is 282 g/mol. The molecule has 2 rings (SSSR count). The number of amides is 1. The van der Waals surface area contributed by atoms with Crippen LogP contribution in [-0.2, 0) is 0 Å². The number of nitrogens with zero attached hydrogens (tertiary/aromatic N) is 1. The van der Waals surface area contributed by atoms with Crippen LogP contribution in [0.15, 0.2) is 36.4 Å². The third-order valence-electron chi connectivity index (χ3n) is 2.82. The summed E-state index contributed by atoms with van der Waals surface area (Å²) in [6, 6.07) is 6.81. The predicted molar refractivity (Wildman–Crippen MR) is 72.1 cm³/mol. The van der Waals surface area contributed by atoms with Crippen LogP contribution in [0.4, 0.5) is 20.2 Å². The molecule has 0 aliphatic carbocycles. The van der Waals surface area contributed by atoms with Gasteiger partial charge in [-0.25, -0.2) is 4.39 Å². The highest BCUT2D eigenvalue weighted by molar-refractivity contribution is 6.04. The minimum atomic E-state index is -1.02. The number of nitrogens with one attached hydrogen (secondary N) is 1. The summed E-state index contributed by atoms with van der Waals surface area (Å²) in [6.45, 7) is 1.54. The third kappa shape index (κ3) is 3.19. The Morgan fingerprint density at radius 3 is 2.43 bits per heavy atom. The van der Waals surface area contributed by atoms with Crippen molar-refractivity contribution in [1.29, 1.82) is 0 Å². The van der Waals surface area contributed by atoms with Gasteiger partial charge in [0.2, 0.25) is 5.82 Å². The molecule has 2 aromatic rings. The smallest absolute Gasteiger partial charge is 0.305 e. The topological polar surface area (TPSA) is 72.2 Å². The molecule has 21 heavy (non-hydrogen) atoms. The SMILES string of the molecule is Cc1cc(NC(=O)c2ccc(F)c([N+](=O)[O-])c2)ccc1F. The Kier molecular flexibility index (Phi) is 3.93. The molecule has 2 aromatic carbocycles. The number of nitro groups is 1. The van der Waals surface area contributed by atoms with Gasteiger partial charge < -0.3 is 5.32 Å². The quantitative estimate of drug-likeness (QED) is 0.695. The molecule has 7 heteroatoms. The maximum atomic E-state index is 13.2. The lowest BCUT2D eigenvalue weighted by Gasteiger charge is -2.06. The largest absolute Gasteiger partial charge is 0.322 e. The number of carbonyl (C=O) groups is 1. The van der Waals surface area contributed by atoms with Gasteiger partial charge >= 0.3 is 5.69 Å². The van der Waals surface area contributed by atoms with E-state index >= 15 is 0 Å². The first-order chi connectivity index (χ1) is 9.88. The zero-order valence-corrected chi connectivity index (χ0v) is 10.9. The number of anilines is 1. The van der Waals surface area contributed by atoms with Gasteiger partial charge in [-0.15, -0.1) is 0 Å². The zero-order chi connectivity index (χ0) is 15.6. The van der Waals surface area contributed by atoms with Crippen molar-refractivity contribution >= 4 is 17.3 Å². The second-order valence-electron chi connectivity index (χ2n) is 4.34. The fourth-order valence-corrected chi connectivity index (χ4v) is 1.72. The number of halogens is 2. The van der Waals surface area contributed by atoms with Crippen molar-refractivity contribution in [3.8, 4) is 0 Å². The lowest BCUT2D eigenvalue weighted by atomic mass is 10.1. The summed E-state index contributed by atoms with van der Waals surface area (Å²) in [6.07, 6.45) is 0. The lowest BCUT2D eigenvalue weighted by Crippen LogP contribution is -2.12. The van der Waals surface area contributed by atoms with Crippen molar-refractivity contribution in [1.82, 2.24) is 0 Å². The molecule has 0 atom stereocenters. The van der Waals surface area contributed by atoms with E-state index in [4.69, 9.17) is 0 Å². The van der Waals surface area contributed by atoms with Gasteiger partial charge in [-0.1, -0.05) is 0 Å². The van der Waals surface area contributed by atoms with Crippen LogP contribution in [0.1, 0.15) is 15.9 Å². The monoisotopic (exact) mass is 292 g/mol. The zero-order valence-electron chi connectivity index (χ0n) is 10.9. The van der Waals surface area contributed by atoms with E-state index in [2.05, 4.69) is 5.32 Å². The molecule has 0 saturated heterocycles. The Bertz CT molecular complexity index is 732. The van der Waals surface area contributed by atoms with E-state index in [1.807, 2.05) is 0 Å². The van der Waals surface area contributed by atoms with Crippen molar-refractivity contribution < 1.29 is 18.5 Å². The average molecular weight is 292 g/mol. The second kappa shape index (κ2) is 5.66. The van der Waals surface area contributed by atoms with Crippen LogP contribution in [0.2, 0.25) is 0 Å². The van der Waals surface area contributed by atoms with Gasteiger partial charge in [0.1, 0.15) is 5.82 Å². The van der Waals surface area contributed by atoms with Gasteiger partial charge in [-0.3, -0.25) is 14.9 Å². The Hall–Kier alpha value is -2.83. The fourth-order valence-electron chi connectivity index (χ4n) is 1.72. The molecule has 0 fully saturated rings. The average Bonchev–Trinajstić information content (AvgIpc) is 2.43. The molecule has 0 radical (unpaired) electrons. The Balaban J connectivity index is 2.26. The van der Waals surface area contributed by atoms with E-state index in [9.17, 15) is 23.7 Å². The van der Waals surface area contributed by atoms with E-state index in [-0.39, 0.29) is 5.56 Å². The molecule has 0 aromatic heterocycles. The van der Waals surface area contributed by atoms with Gasteiger partial charge in [-0.05, 0) is 42.8 Å². The molecule has 108 valence electrons. The summed E-state index contributed by atoms with van der Waals surface area (Å²) in [7, 11) is 0. The first kappa shape index (κ1) is 14.6. The standard InChI is InChI=1S/C14H10F2N2O3/c1-8-6-10(3-5-11(8)15)17-14(19)9-2-4-12(16)13(7-9)18(20)21/h2-7H,1H3,(H,17,19). The molecule has 5 nitrogen and oxygen atoms in total. The number of nitro benzene ring substituents is 1. The van der Waals surface area contributed by atoms with Crippen LogP contribution < -0.4 is 5.32 Å². The first-order valence-corrected chi connectivity index (χ1v) is 5.90. The molecule has 0 unspecified atom stereocenters. The van der Waals surface area contributed by atoms with Gasteiger partial charge in [0.15, 0.2) is 0 Å². The number of hydrogen-bond acceptors (Lipinski definition) is 3. The Morgan fingerprint density at radius 1 is 1.14 bits per heavy atom. The van der Waals surface area contributed by atoms with Crippen molar-refractivity contribution in [3.63, 3.8) is 0 Å². The molecule has 1 N–H and O–H groups in total. The van der Waals surface area contributed by atoms with Crippen LogP contribution in [0.5, 0.6) is 0 Å². The maximum Gasteiger partial charge on any atom is 0.305 e. The van der Waals surface area contributed by atoms with Crippen LogP contribution in [0, 0.1) is 28.7 Å². The summed E-state index contributed by atoms with van der Waals surface area (Å²) < 4.78 is 26.3. The predicted octanol–water partition coefficient (Wildman–Crippen LogP) is 3.43. The summed E-state index contributed by atoms with van der Waals surface area (Å²) in [5.41, 5.74) is -0.160. The van der Waals surface area contributed by atoms with Crippen molar-refractivity contribution in [2.45, 2.75) is 6.92 Å². The third-order valence-corrected chi connectivity index (χ3v) is 2.82. The number of benzene rings is 2. The van der Waals surface area contributed by atoms with E-state index < -0.39 is 28.2 Å². The van der Waals surface area contributed by atoms with Crippen molar-refractivity contribution in [2.24, 2.45) is 0 Å². The molecular formula is C14H10F2N2O3. The van der Waals surface area contributed by atoms with E-state index in [1.165, 1.54) is 25.1 Å². The van der Waals surface area contributed by atoms with Gasteiger partial charge in [0.05, 0.1) is 4.92 Å². The summed E-state index contributed by atoms with van der Waals surface area (Å²) in [5, 5.41) is 13.1. The highest BCUT2D eigenvalue weighted by Crippen LogP contribution is 2.20. The minimum absolute atomic E-state index is 0.0647. The van der Waals surface area contributed by atoms with Gasteiger partial charge in [0, 0.05) is 17.3 Å². The minimum Gasteiger partial charge on any atom is -0.322 e. The van der Waals surface area contributed by atoms with Crippen LogP contribution in [0.3, 0.4) is 0 Å². The Labute approximate surface area is 118 Å². The summed E-state index contributed by atoms with van der Waals surface area (Å²) in [4.78, 5) is 21.7. The molecule has 0 aliphatic heterocycles. The Morgan fingerprint density at radius 2 is 1.81 bits per heavy atom. The van der Waals surface area contributed by atoms with E-state index in [0.717, 1.165) is 18.2 Å². The second-order valence-corrected chi connectivity index (χ2v) is 4.34. The molecule has 0 aliphatic rings. The van der Waals surface area contributed by atoms with Gasteiger partial charge in [0.25, 0.3) is 5.91 Å². The molecule has 0 saturated carbocycles. The molecule has 0 bridgehead atoms. The summed E-state index contributed by atoms with van der Waals surface area (Å²) in [5.74, 6) is -2.08. The fraction of sp³-hybridized carbons (Fsp3) is 0.0714. The van der Waals surface area contributed by atoms with Crippen LogP contribution in [0.25, 0.3) is 0 Å². The summed E-state index contributed by atoms with van der Waals surface area (Å²) >= 11 is 0. The van der Waals surface area contributed by atoms with Gasteiger partial charge in [-0.2, -0.15) is 4.39 Å². The first-order valence-electron chi connectivity index (χ1n) is 5.90. The molecule has 0 heterocycles. The molecule has 0 spiro atoms.